The first-order valence-electron chi connectivity index (χ1n) is 9.32. The molecule has 1 unspecified atom stereocenters. The Morgan fingerprint density at radius 1 is 1.17 bits per heavy atom. The molecule has 1 aliphatic rings. The fourth-order valence-electron chi connectivity index (χ4n) is 2.99. The van der Waals surface area contributed by atoms with Crippen molar-refractivity contribution in [3.63, 3.8) is 0 Å². The summed E-state index contributed by atoms with van der Waals surface area (Å²) >= 11 is 5.83. The van der Waals surface area contributed by atoms with Gasteiger partial charge in [-0.05, 0) is 36.4 Å². The maximum absolute atomic E-state index is 12.7. The van der Waals surface area contributed by atoms with Gasteiger partial charge < -0.3 is 14.5 Å². The topological polar surface area (TPSA) is 101 Å². The average Bonchev–Trinajstić information content (AvgIpc) is 3.23. The van der Waals surface area contributed by atoms with Crippen LogP contribution in [0.3, 0.4) is 0 Å². The highest BCUT2D eigenvalue weighted by Crippen LogP contribution is 2.22. The summed E-state index contributed by atoms with van der Waals surface area (Å²) in [6.45, 7) is 4.27. The molecular weight excluding hydrogens is 418 g/mol. The number of halogens is 1. The van der Waals surface area contributed by atoms with Crippen molar-refractivity contribution in [3.8, 4) is 0 Å². The van der Waals surface area contributed by atoms with Gasteiger partial charge in [-0.3, -0.25) is 9.69 Å². The Morgan fingerprint density at radius 3 is 2.55 bits per heavy atom. The van der Waals surface area contributed by atoms with E-state index in [1.807, 2.05) is 0 Å². The van der Waals surface area contributed by atoms with Crippen LogP contribution >= 0.6 is 11.6 Å². The van der Waals surface area contributed by atoms with Gasteiger partial charge in [-0.25, -0.2) is 8.42 Å². The van der Waals surface area contributed by atoms with Crippen LogP contribution in [0.5, 0.6) is 0 Å². The van der Waals surface area contributed by atoms with Crippen LogP contribution in [0.1, 0.15) is 18.2 Å². The second kappa shape index (κ2) is 10.2. The molecular formula is C19H24ClN3O5S. The zero-order valence-electron chi connectivity index (χ0n) is 15.8. The molecule has 10 heteroatoms. The normalized spacial score (nSPS) is 16.4. The summed E-state index contributed by atoms with van der Waals surface area (Å²) < 4.78 is 38.6. The molecule has 3 rings (SSSR count). The van der Waals surface area contributed by atoms with Gasteiger partial charge >= 0.3 is 0 Å². The second-order valence-corrected chi connectivity index (χ2v) is 8.80. The molecule has 1 amide bonds. The summed E-state index contributed by atoms with van der Waals surface area (Å²) in [5.41, 5.74) is 0. The van der Waals surface area contributed by atoms with Crippen molar-refractivity contribution in [1.29, 1.82) is 0 Å². The first kappa shape index (κ1) is 21.8. The Labute approximate surface area is 175 Å². The van der Waals surface area contributed by atoms with E-state index in [2.05, 4.69) is 14.9 Å². The largest absolute Gasteiger partial charge is 0.468 e. The van der Waals surface area contributed by atoms with Crippen molar-refractivity contribution in [2.75, 3.05) is 39.4 Å². The summed E-state index contributed by atoms with van der Waals surface area (Å²) in [7, 11) is -3.86. The molecule has 1 saturated heterocycles. The summed E-state index contributed by atoms with van der Waals surface area (Å²) in [5.74, 6) is 0.101. The molecule has 0 bridgehead atoms. The number of furan rings is 1. The monoisotopic (exact) mass is 441 g/mol. The molecule has 1 aromatic heterocycles. The summed E-state index contributed by atoms with van der Waals surface area (Å²) in [5, 5.41) is 3.28. The predicted octanol–water partition coefficient (Wildman–Crippen LogP) is 1.79. The van der Waals surface area contributed by atoms with Crippen LogP contribution in [0, 0.1) is 0 Å². The van der Waals surface area contributed by atoms with Gasteiger partial charge in [0.15, 0.2) is 0 Å². The molecule has 29 heavy (non-hydrogen) atoms. The summed E-state index contributed by atoms with van der Waals surface area (Å²) in [4.78, 5) is 14.7. The lowest BCUT2D eigenvalue weighted by Gasteiger charge is -2.26. The number of nitrogens with zero attached hydrogens (tertiary/aromatic N) is 1. The van der Waals surface area contributed by atoms with Crippen LogP contribution in [-0.4, -0.2) is 58.6 Å². The molecule has 2 N–H and O–H groups in total. The number of hydrogen-bond acceptors (Lipinski definition) is 6. The van der Waals surface area contributed by atoms with Gasteiger partial charge in [0, 0.05) is 31.2 Å². The van der Waals surface area contributed by atoms with Crippen molar-refractivity contribution >= 4 is 27.5 Å². The number of benzene rings is 1. The lowest BCUT2D eigenvalue weighted by Crippen LogP contribution is -2.42. The van der Waals surface area contributed by atoms with Crippen LogP contribution in [-0.2, 0) is 19.6 Å². The Morgan fingerprint density at radius 2 is 1.90 bits per heavy atom. The van der Waals surface area contributed by atoms with Crippen LogP contribution < -0.4 is 10.0 Å². The third-order valence-electron chi connectivity index (χ3n) is 4.55. The standard InChI is InChI=1S/C19H24ClN3O5S/c20-15-3-5-16(6-4-15)29(25,26)22-17(18-2-1-11-28-18)14-19(24)21-7-8-23-9-12-27-13-10-23/h1-6,11,17,22H,7-10,12-14H2,(H,21,24). The number of nitrogens with one attached hydrogen (secondary N) is 2. The summed E-state index contributed by atoms with van der Waals surface area (Å²) in [6, 6.07) is 8.27. The Kier molecular flexibility index (Phi) is 7.68. The van der Waals surface area contributed by atoms with E-state index in [1.165, 1.54) is 30.5 Å². The minimum atomic E-state index is -3.86. The molecule has 158 valence electrons. The van der Waals surface area contributed by atoms with Crippen molar-refractivity contribution in [1.82, 2.24) is 14.9 Å². The highest BCUT2D eigenvalue weighted by Gasteiger charge is 2.25. The second-order valence-electron chi connectivity index (χ2n) is 6.65. The molecule has 0 aliphatic carbocycles. The van der Waals surface area contributed by atoms with E-state index in [4.69, 9.17) is 20.8 Å². The van der Waals surface area contributed by atoms with Crippen LogP contribution in [0.2, 0.25) is 5.02 Å². The summed E-state index contributed by atoms with van der Waals surface area (Å²) in [6.07, 6.45) is 1.36. The minimum absolute atomic E-state index is 0.0613. The molecule has 0 spiro atoms. The first-order valence-corrected chi connectivity index (χ1v) is 11.2. The van der Waals surface area contributed by atoms with E-state index in [1.54, 1.807) is 12.1 Å². The van der Waals surface area contributed by atoms with Gasteiger partial charge in [0.1, 0.15) is 5.76 Å². The van der Waals surface area contributed by atoms with Crippen molar-refractivity contribution in [2.45, 2.75) is 17.4 Å². The van der Waals surface area contributed by atoms with Crippen molar-refractivity contribution in [3.05, 3.63) is 53.4 Å². The SMILES string of the molecule is O=C(CC(NS(=O)(=O)c1ccc(Cl)cc1)c1ccco1)NCCN1CCOCC1. The predicted molar refractivity (Wildman–Crippen MR) is 108 cm³/mol. The van der Waals surface area contributed by atoms with Crippen LogP contribution in [0.15, 0.2) is 52.0 Å². The van der Waals surface area contributed by atoms with Gasteiger partial charge in [0.25, 0.3) is 0 Å². The Balaban J connectivity index is 1.60. The maximum Gasteiger partial charge on any atom is 0.241 e. The number of rotatable bonds is 9. The molecule has 8 nitrogen and oxygen atoms in total. The van der Waals surface area contributed by atoms with Gasteiger partial charge in [-0.1, -0.05) is 11.6 Å². The Bertz CT molecular complexity index is 881. The highest BCUT2D eigenvalue weighted by molar-refractivity contribution is 7.89. The zero-order chi connectivity index (χ0) is 20.7. The lowest BCUT2D eigenvalue weighted by molar-refractivity contribution is -0.121. The van der Waals surface area contributed by atoms with E-state index in [0.717, 1.165) is 19.6 Å². The third kappa shape index (κ3) is 6.55. The van der Waals surface area contributed by atoms with E-state index in [-0.39, 0.29) is 17.2 Å². The van der Waals surface area contributed by atoms with Gasteiger partial charge in [0.2, 0.25) is 15.9 Å². The number of carbonyl (C=O) groups is 1. The number of hydrogen-bond donors (Lipinski definition) is 2. The highest BCUT2D eigenvalue weighted by atomic mass is 35.5. The molecule has 1 fully saturated rings. The smallest absolute Gasteiger partial charge is 0.241 e. The van der Waals surface area contributed by atoms with Gasteiger partial charge in [-0.15, -0.1) is 0 Å². The minimum Gasteiger partial charge on any atom is -0.468 e. The molecule has 1 aliphatic heterocycles. The number of ether oxygens (including phenoxy) is 1. The molecule has 0 saturated carbocycles. The maximum atomic E-state index is 12.7. The lowest BCUT2D eigenvalue weighted by atomic mass is 10.1. The Hall–Kier alpha value is -1.91. The van der Waals surface area contributed by atoms with E-state index in [0.29, 0.717) is 30.5 Å². The molecule has 1 atom stereocenters. The third-order valence-corrected chi connectivity index (χ3v) is 6.29. The van der Waals surface area contributed by atoms with E-state index >= 15 is 0 Å². The van der Waals surface area contributed by atoms with E-state index < -0.39 is 16.1 Å². The molecule has 1 aromatic carbocycles. The number of sulfonamides is 1. The van der Waals surface area contributed by atoms with Crippen molar-refractivity contribution in [2.24, 2.45) is 0 Å². The number of morpholine rings is 1. The first-order chi connectivity index (χ1) is 13.9. The average molecular weight is 442 g/mol. The fourth-order valence-corrected chi connectivity index (χ4v) is 4.33. The van der Waals surface area contributed by atoms with Crippen molar-refractivity contribution < 1.29 is 22.4 Å². The number of carbonyl (C=O) groups excluding carboxylic acids is 1. The zero-order valence-corrected chi connectivity index (χ0v) is 17.4. The quantitative estimate of drug-likeness (QED) is 0.615. The van der Waals surface area contributed by atoms with E-state index in [9.17, 15) is 13.2 Å². The van der Waals surface area contributed by atoms with Crippen LogP contribution in [0.25, 0.3) is 0 Å². The van der Waals surface area contributed by atoms with Gasteiger partial charge in [0.05, 0.1) is 36.8 Å². The van der Waals surface area contributed by atoms with Gasteiger partial charge in [-0.2, -0.15) is 4.72 Å². The molecule has 2 heterocycles. The number of amides is 1. The molecule has 0 radical (unpaired) electrons. The fraction of sp³-hybridized carbons (Fsp3) is 0.421. The molecule has 2 aromatic rings. The van der Waals surface area contributed by atoms with Crippen LogP contribution in [0.4, 0.5) is 0 Å².